The van der Waals surface area contributed by atoms with E-state index >= 15 is 0 Å². The minimum atomic E-state index is 0.422. The second kappa shape index (κ2) is 4.25. The van der Waals surface area contributed by atoms with Crippen LogP contribution < -0.4 is 5.32 Å². The molecule has 0 atom stereocenters. The lowest BCUT2D eigenvalue weighted by atomic mass is 10.2. The lowest BCUT2D eigenvalue weighted by Gasteiger charge is -1.99. The van der Waals surface area contributed by atoms with E-state index in [2.05, 4.69) is 20.3 Å². The van der Waals surface area contributed by atoms with Gasteiger partial charge in [0.2, 0.25) is 12.3 Å². The van der Waals surface area contributed by atoms with E-state index in [0.29, 0.717) is 34.8 Å². The first kappa shape index (κ1) is 10.4. The monoisotopic (exact) mass is 240 g/mol. The Bertz CT molecular complexity index is 675. The summed E-state index contributed by atoms with van der Waals surface area (Å²) in [6.45, 7) is 0. The Morgan fingerprint density at radius 2 is 2.28 bits per heavy atom. The van der Waals surface area contributed by atoms with Gasteiger partial charge in [-0.3, -0.25) is 9.78 Å². The second-order valence-corrected chi connectivity index (χ2v) is 3.57. The van der Waals surface area contributed by atoms with Crippen LogP contribution in [0.3, 0.4) is 0 Å². The molecule has 6 heteroatoms. The number of anilines is 1. The summed E-state index contributed by atoms with van der Waals surface area (Å²) in [4.78, 5) is 22.7. The van der Waals surface area contributed by atoms with Crippen LogP contribution in [-0.2, 0) is 4.79 Å². The molecule has 3 heterocycles. The van der Waals surface area contributed by atoms with Crippen molar-refractivity contribution in [2.75, 3.05) is 5.32 Å². The summed E-state index contributed by atoms with van der Waals surface area (Å²) in [6, 6.07) is 5.30. The number of carbonyl (C=O) groups excluding carboxylic acids is 1. The van der Waals surface area contributed by atoms with Gasteiger partial charge in [0, 0.05) is 12.4 Å². The highest BCUT2D eigenvalue weighted by Crippen LogP contribution is 2.23. The highest BCUT2D eigenvalue weighted by atomic mass is 16.3. The Labute approximate surface area is 102 Å². The van der Waals surface area contributed by atoms with Crippen LogP contribution in [0.15, 0.2) is 41.2 Å². The van der Waals surface area contributed by atoms with Crippen LogP contribution in [0.25, 0.3) is 22.7 Å². The molecule has 0 saturated carbocycles. The van der Waals surface area contributed by atoms with E-state index in [0.717, 1.165) is 0 Å². The standard InChI is InChI=1S/C12H8N4O2/c17-7-15-9-4-8(5-13-6-9)12-16-11-10(18-12)2-1-3-14-11/h1-7H,(H,15,17). The number of carbonyl (C=O) groups is 1. The zero-order valence-electron chi connectivity index (χ0n) is 9.20. The quantitative estimate of drug-likeness (QED) is 0.706. The SMILES string of the molecule is O=CNc1cncc(-c2nc3ncccc3o2)c1. The number of rotatable bonds is 3. The molecule has 0 saturated heterocycles. The fourth-order valence-electron chi connectivity index (χ4n) is 1.60. The van der Waals surface area contributed by atoms with Gasteiger partial charge >= 0.3 is 0 Å². The summed E-state index contributed by atoms with van der Waals surface area (Å²) in [5, 5.41) is 2.52. The van der Waals surface area contributed by atoms with Crippen LogP contribution >= 0.6 is 0 Å². The van der Waals surface area contributed by atoms with Crippen LogP contribution in [0.5, 0.6) is 0 Å². The summed E-state index contributed by atoms with van der Waals surface area (Å²) < 4.78 is 5.56. The fourth-order valence-corrected chi connectivity index (χ4v) is 1.60. The minimum Gasteiger partial charge on any atom is -0.434 e. The van der Waals surface area contributed by atoms with Crippen molar-refractivity contribution in [3.8, 4) is 11.5 Å². The Morgan fingerprint density at radius 1 is 1.33 bits per heavy atom. The minimum absolute atomic E-state index is 0.422. The van der Waals surface area contributed by atoms with E-state index in [1.807, 2.05) is 0 Å². The lowest BCUT2D eigenvalue weighted by molar-refractivity contribution is -0.105. The van der Waals surface area contributed by atoms with Crippen molar-refractivity contribution >= 4 is 23.3 Å². The number of aromatic nitrogens is 3. The normalized spacial score (nSPS) is 10.4. The average Bonchev–Trinajstić information content (AvgIpc) is 2.83. The first-order valence-electron chi connectivity index (χ1n) is 5.24. The van der Waals surface area contributed by atoms with Crippen LogP contribution in [0, 0.1) is 0 Å². The maximum Gasteiger partial charge on any atom is 0.230 e. The maximum atomic E-state index is 10.4. The topological polar surface area (TPSA) is 80.9 Å². The molecular weight excluding hydrogens is 232 g/mol. The van der Waals surface area contributed by atoms with Gasteiger partial charge in [-0.15, -0.1) is 0 Å². The lowest BCUT2D eigenvalue weighted by Crippen LogP contribution is -1.94. The molecule has 1 N–H and O–H groups in total. The molecule has 6 nitrogen and oxygen atoms in total. The van der Waals surface area contributed by atoms with Gasteiger partial charge in [-0.2, -0.15) is 4.98 Å². The number of hydrogen-bond acceptors (Lipinski definition) is 5. The van der Waals surface area contributed by atoms with Crippen molar-refractivity contribution in [2.45, 2.75) is 0 Å². The predicted octanol–water partition coefficient (Wildman–Crippen LogP) is 1.85. The molecule has 0 radical (unpaired) electrons. The molecule has 0 spiro atoms. The molecule has 0 fully saturated rings. The Morgan fingerprint density at radius 3 is 3.11 bits per heavy atom. The average molecular weight is 240 g/mol. The third-order valence-electron chi connectivity index (χ3n) is 2.38. The summed E-state index contributed by atoms with van der Waals surface area (Å²) >= 11 is 0. The van der Waals surface area contributed by atoms with Gasteiger partial charge in [-0.05, 0) is 18.2 Å². The van der Waals surface area contributed by atoms with Crippen LogP contribution in [-0.4, -0.2) is 21.4 Å². The number of hydrogen-bond donors (Lipinski definition) is 1. The van der Waals surface area contributed by atoms with Gasteiger partial charge in [-0.25, -0.2) is 4.98 Å². The molecule has 0 aliphatic rings. The van der Waals surface area contributed by atoms with E-state index in [4.69, 9.17) is 4.42 Å². The molecule has 3 rings (SSSR count). The summed E-state index contributed by atoms with van der Waals surface area (Å²) in [5.74, 6) is 0.422. The highest BCUT2D eigenvalue weighted by Gasteiger charge is 2.09. The van der Waals surface area contributed by atoms with Crippen molar-refractivity contribution in [3.05, 3.63) is 36.8 Å². The molecule has 1 amide bonds. The second-order valence-electron chi connectivity index (χ2n) is 3.57. The van der Waals surface area contributed by atoms with E-state index in [1.54, 1.807) is 36.8 Å². The van der Waals surface area contributed by atoms with Crippen molar-refractivity contribution in [1.82, 2.24) is 15.0 Å². The number of amides is 1. The molecule has 0 aromatic carbocycles. The van der Waals surface area contributed by atoms with Gasteiger partial charge in [0.15, 0.2) is 11.2 Å². The predicted molar refractivity (Wildman–Crippen MR) is 64.7 cm³/mol. The van der Waals surface area contributed by atoms with Crippen LogP contribution in [0.1, 0.15) is 0 Å². The Hall–Kier alpha value is -2.76. The van der Waals surface area contributed by atoms with E-state index in [-0.39, 0.29) is 0 Å². The zero-order valence-corrected chi connectivity index (χ0v) is 9.20. The Kier molecular flexibility index (Phi) is 2.45. The molecule has 3 aromatic heterocycles. The van der Waals surface area contributed by atoms with Crippen molar-refractivity contribution in [3.63, 3.8) is 0 Å². The van der Waals surface area contributed by atoms with Crippen LogP contribution in [0.4, 0.5) is 5.69 Å². The van der Waals surface area contributed by atoms with E-state index < -0.39 is 0 Å². The van der Waals surface area contributed by atoms with Gasteiger partial charge in [0.25, 0.3) is 0 Å². The highest BCUT2D eigenvalue weighted by molar-refractivity contribution is 5.75. The molecule has 0 aliphatic carbocycles. The number of nitrogens with zero attached hydrogens (tertiary/aromatic N) is 3. The van der Waals surface area contributed by atoms with Gasteiger partial charge in [0.05, 0.1) is 17.4 Å². The molecule has 0 unspecified atom stereocenters. The van der Waals surface area contributed by atoms with Gasteiger partial charge in [0.1, 0.15) is 0 Å². The first-order chi connectivity index (χ1) is 8.86. The number of nitrogens with one attached hydrogen (secondary N) is 1. The van der Waals surface area contributed by atoms with Crippen LogP contribution in [0.2, 0.25) is 0 Å². The van der Waals surface area contributed by atoms with E-state index in [1.165, 1.54) is 0 Å². The molecule has 18 heavy (non-hydrogen) atoms. The molecule has 88 valence electrons. The molecule has 3 aromatic rings. The molecular formula is C12H8N4O2. The Balaban J connectivity index is 2.08. The number of fused-ring (bicyclic) bond motifs is 1. The third-order valence-corrected chi connectivity index (χ3v) is 2.38. The van der Waals surface area contributed by atoms with Gasteiger partial charge in [-0.1, -0.05) is 0 Å². The smallest absolute Gasteiger partial charge is 0.230 e. The molecule has 0 bridgehead atoms. The van der Waals surface area contributed by atoms with E-state index in [9.17, 15) is 4.79 Å². The zero-order chi connectivity index (χ0) is 12.4. The van der Waals surface area contributed by atoms with Crippen molar-refractivity contribution in [1.29, 1.82) is 0 Å². The summed E-state index contributed by atoms with van der Waals surface area (Å²) in [5.41, 5.74) is 2.42. The largest absolute Gasteiger partial charge is 0.434 e. The number of pyridine rings is 2. The number of oxazole rings is 1. The van der Waals surface area contributed by atoms with Crippen molar-refractivity contribution in [2.24, 2.45) is 0 Å². The van der Waals surface area contributed by atoms with Gasteiger partial charge < -0.3 is 9.73 Å². The molecule has 0 aliphatic heterocycles. The third kappa shape index (κ3) is 1.80. The maximum absolute atomic E-state index is 10.4. The first-order valence-corrected chi connectivity index (χ1v) is 5.24. The fraction of sp³-hybridized carbons (Fsp3) is 0. The summed E-state index contributed by atoms with van der Waals surface area (Å²) in [7, 11) is 0. The summed E-state index contributed by atoms with van der Waals surface area (Å²) in [6.07, 6.45) is 5.39. The van der Waals surface area contributed by atoms with Crippen molar-refractivity contribution < 1.29 is 9.21 Å².